The number of nitrogens with one attached hydrogen (secondary N) is 1. The van der Waals surface area contributed by atoms with E-state index < -0.39 is 0 Å². The Bertz CT molecular complexity index is 656. The van der Waals surface area contributed by atoms with Crippen molar-refractivity contribution >= 4 is 0 Å². The lowest BCUT2D eigenvalue weighted by molar-refractivity contribution is 0.178. The number of methoxy groups -OCH3 is 1. The third-order valence-electron chi connectivity index (χ3n) is 5.13. The molecule has 0 bridgehead atoms. The molecule has 1 saturated heterocycles. The van der Waals surface area contributed by atoms with E-state index >= 15 is 0 Å². The second kappa shape index (κ2) is 6.94. The molecule has 2 aliphatic rings. The first-order valence-corrected chi connectivity index (χ1v) is 8.71. The maximum atomic E-state index is 5.14. The van der Waals surface area contributed by atoms with Crippen LogP contribution in [0, 0.1) is 11.8 Å². The molecule has 0 radical (unpaired) electrons. The predicted molar refractivity (Wildman–Crippen MR) is 88.2 cm³/mol. The molecule has 2 aromatic rings. The van der Waals surface area contributed by atoms with Gasteiger partial charge in [0.05, 0.1) is 5.69 Å². The van der Waals surface area contributed by atoms with Crippen molar-refractivity contribution < 1.29 is 4.74 Å². The van der Waals surface area contributed by atoms with Crippen LogP contribution in [0.5, 0.6) is 0 Å². The van der Waals surface area contributed by atoms with Crippen LogP contribution >= 0.6 is 0 Å². The highest BCUT2D eigenvalue weighted by Crippen LogP contribution is 2.46. The van der Waals surface area contributed by atoms with Crippen molar-refractivity contribution in [2.24, 2.45) is 11.8 Å². The molecule has 0 unspecified atom stereocenters. The minimum Gasteiger partial charge on any atom is -0.377 e. The van der Waals surface area contributed by atoms with Gasteiger partial charge < -0.3 is 9.64 Å². The summed E-state index contributed by atoms with van der Waals surface area (Å²) < 4.78 is 5.14. The molecule has 7 nitrogen and oxygen atoms in total. The molecule has 24 heavy (non-hydrogen) atoms. The molecule has 1 N–H and O–H groups in total. The molecule has 0 spiro atoms. The van der Waals surface area contributed by atoms with Crippen molar-refractivity contribution in [3.63, 3.8) is 0 Å². The highest BCUT2D eigenvalue weighted by molar-refractivity contribution is 5.09. The maximum absolute atomic E-state index is 5.14. The number of ether oxygens (including phenoxy) is 1. The molecule has 0 aromatic carbocycles. The first-order valence-electron chi connectivity index (χ1n) is 8.71. The first-order chi connectivity index (χ1) is 11.8. The fourth-order valence-corrected chi connectivity index (χ4v) is 3.78. The van der Waals surface area contributed by atoms with Crippen molar-refractivity contribution in [3.8, 4) is 0 Å². The van der Waals surface area contributed by atoms with Gasteiger partial charge in [0.25, 0.3) is 0 Å². The van der Waals surface area contributed by atoms with Crippen LogP contribution in [0.2, 0.25) is 0 Å². The molecule has 2 atom stereocenters. The molecule has 3 heterocycles. The zero-order valence-electron chi connectivity index (χ0n) is 14.1. The Balaban J connectivity index is 1.41. The van der Waals surface area contributed by atoms with E-state index in [-0.39, 0.29) is 0 Å². The van der Waals surface area contributed by atoms with Gasteiger partial charge >= 0.3 is 0 Å². The van der Waals surface area contributed by atoms with E-state index in [1.165, 1.54) is 12.8 Å². The van der Waals surface area contributed by atoms with Crippen molar-refractivity contribution in [2.45, 2.75) is 31.8 Å². The fourth-order valence-electron chi connectivity index (χ4n) is 3.78. The molecule has 1 saturated carbocycles. The summed E-state index contributed by atoms with van der Waals surface area (Å²) in [5.41, 5.74) is 1.06. The van der Waals surface area contributed by atoms with Gasteiger partial charge in [0.2, 0.25) is 0 Å². The number of rotatable bonds is 7. The second-order valence-corrected chi connectivity index (χ2v) is 6.89. The van der Waals surface area contributed by atoms with Gasteiger partial charge in [-0.1, -0.05) is 0 Å². The molecule has 1 aliphatic heterocycles. The number of hydrogen-bond donors (Lipinski definition) is 1. The quantitative estimate of drug-likeness (QED) is 0.828. The predicted octanol–water partition coefficient (Wildman–Crippen LogP) is 1.41. The van der Waals surface area contributed by atoms with Crippen molar-refractivity contribution in [1.82, 2.24) is 30.0 Å². The van der Waals surface area contributed by atoms with E-state index in [1.807, 2.05) is 6.20 Å². The second-order valence-electron chi connectivity index (χ2n) is 6.89. The van der Waals surface area contributed by atoms with E-state index in [9.17, 15) is 0 Å². The Hall–Kier alpha value is -1.86. The summed E-state index contributed by atoms with van der Waals surface area (Å²) in [5, 5.41) is 7.48. The Morgan fingerprint density at radius 2 is 2.21 bits per heavy atom. The van der Waals surface area contributed by atoms with Crippen molar-refractivity contribution in [3.05, 3.63) is 35.9 Å². The standard InChI is InChI=1S/C17H24N6O/c1-24-11-16-20-17(22-21-16)15-10-23(9-14(15)12-2-3-12)7-4-13-8-18-5-6-19-13/h5-6,8,12,14-15H,2-4,7,9-11H2,1H3,(H,20,21,22)/t14-,15+/m1/s1. The summed E-state index contributed by atoms with van der Waals surface area (Å²) >= 11 is 0. The van der Waals surface area contributed by atoms with Crippen LogP contribution in [0.4, 0.5) is 0 Å². The summed E-state index contributed by atoms with van der Waals surface area (Å²) in [4.78, 5) is 15.7. The Morgan fingerprint density at radius 3 is 2.96 bits per heavy atom. The van der Waals surface area contributed by atoms with Crippen LogP contribution in [-0.4, -0.2) is 56.8 Å². The SMILES string of the molecule is COCc1nc([C@H]2CN(CCc3cnccn3)C[C@@H]2C2CC2)n[nH]1. The average molecular weight is 328 g/mol. The third-order valence-corrected chi connectivity index (χ3v) is 5.13. The minimum atomic E-state index is 0.432. The lowest BCUT2D eigenvalue weighted by Crippen LogP contribution is -2.24. The van der Waals surface area contributed by atoms with Gasteiger partial charge in [-0.3, -0.25) is 15.1 Å². The molecule has 7 heteroatoms. The van der Waals surface area contributed by atoms with Crippen LogP contribution in [0.1, 0.15) is 36.1 Å². The van der Waals surface area contributed by atoms with Crippen LogP contribution in [0.15, 0.2) is 18.6 Å². The average Bonchev–Trinajstić information content (AvgIpc) is 3.20. The largest absolute Gasteiger partial charge is 0.377 e. The Kier molecular flexibility index (Phi) is 4.53. The van der Waals surface area contributed by atoms with Gasteiger partial charge in [-0.2, -0.15) is 5.10 Å². The van der Waals surface area contributed by atoms with E-state index in [0.29, 0.717) is 18.4 Å². The van der Waals surface area contributed by atoms with Crippen LogP contribution in [0.3, 0.4) is 0 Å². The van der Waals surface area contributed by atoms with Crippen LogP contribution < -0.4 is 0 Å². The number of H-pyrrole nitrogens is 1. The molecule has 2 aromatic heterocycles. The molecule has 4 rings (SSSR count). The molecule has 0 amide bonds. The van der Waals surface area contributed by atoms with Crippen molar-refractivity contribution in [1.29, 1.82) is 0 Å². The zero-order chi connectivity index (χ0) is 16.4. The fraction of sp³-hybridized carbons (Fsp3) is 0.647. The monoisotopic (exact) mass is 328 g/mol. The number of aromatic nitrogens is 5. The summed E-state index contributed by atoms with van der Waals surface area (Å²) in [7, 11) is 1.68. The number of likely N-dealkylation sites (tertiary alicyclic amines) is 1. The van der Waals surface area contributed by atoms with E-state index in [4.69, 9.17) is 4.74 Å². The van der Waals surface area contributed by atoms with Gasteiger partial charge in [-0.05, 0) is 24.7 Å². The van der Waals surface area contributed by atoms with E-state index in [1.54, 1.807) is 19.5 Å². The lowest BCUT2D eigenvalue weighted by Gasteiger charge is -2.15. The summed E-state index contributed by atoms with van der Waals surface area (Å²) in [5.74, 6) is 3.74. The summed E-state index contributed by atoms with van der Waals surface area (Å²) in [6.45, 7) is 3.69. The van der Waals surface area contributed by atoms with Crippen LogP contribution in [0.25, 0.3) is 0 Å². The minimum absolute atomic E-state index is 0.432. The molecule has 1 aliphatic carbocycles. The number of aromatic amines is 1. The van der Waals surface area contributed by atoms with Gasteiger partial charge in [0, 0.05) is 57.7 Å². The lowest BCUT2D eigenvalue weighted by atomic mass is 9.91. The highest BCUT2D eigenvalue weighted by atomic mass is 16.5. The maximum Gasteiger partial charge on any atom is 0.155 e. The topological polar surface area (TPSA) is 79.8 Å². The molecular formula is C17H24N6O. The number of nitrogens with zero attached hydrogens (tertiary/aromatic N) is 5. The van der Waals surface area contributed by atoms with Gasteiger partial charge in [0.15, 0.2) is 11.6 Å². The smallest absolute Gasteiger partial charge is 0.155 e. The summed E-state index contributed by atoms with van der Waals surface area (Å²) in [6.07, 6.45) is 9.00. The number of hydrogen-bond acceptors (Lipinski definition) is 6. The first kappa shape index (κ1) is 15.7. The van der Waals surface area contributed by atoms with Crippen molar-refractivity contribution in [2.75, 3.05) is 26.7 Å². The molecule has 2 fully saturated rings. The third kappa shape index (κ3) is 3.47. The Labute approximate surface area is 141 Å². The molecule has 128 valence electrons. The van der Waals surface area contributed by atoms with Crippen LogP contribution in [-0.2, 0) is 17.8 Å². The normalized spacial score (nSPS) is 24.5. The van der Waals surface area contributed by atoms with Gasteiger partial charge in [0.1, 0.15) is 6.61 Å². The zero-order valence-corrected chi connectivity index (χ0v) is 14.1. The van der Waals surface area contributed by atoms with Gasteiger partial charge in [-0.15, -0.1) is 0 Å². The molecular weight excluding hydrogens is 304 g/mol. The van der Waals surface area contributed by atoms with E-state index in [0.717, 1.165) is 49.3 Å². The highest BCUT2D eigenvalue weighted by Gasteiger charge is 2.44. The van der Waals surface area contributed by atoms with Gasteiger partial charge in [-0.25, -0.2) is 4.98 Å². The van der Waals surface area contributed by atoms with E-state index in [2.05, 4.69) is 30.0 Å². The summed E-state index contributed by atoms with van der Waals surface area (Å²) in [6, 6.07) is 0. The Morgan fingerprint density at radius 1 is 1.29 bits per heavy atom.